The molecule has 120 valence electrons. The van der Waals surface area contributed by atoms with E-state index in [0.717, 1.165) is 28.9 Å². The topological polar surface area (TPSA) is 89.2 Å². The van der Waals surface area contributed by atoms with E-state index in [9.17, 15) is 14.4 Å². The zero-order valence-corrected chi connectivity index (χ0v) is 13.2. The second-order valence-electron chi connectivity index (χ2n) is 5.57. The Hall–Kier alpha value is -2.90. The van der Waals surface area contributed by atoms with Crippen molar-refractivity contribution >= 4 is 17.5 Å². The van der Waals surface area contributed by atoms with Crippen molar-refractivity contribution in [1.82, 2.24) is 14.1 Å². The Balaban J connectivity index is 1.93. The minimum Gasteiger partial charge on any atom is -0.359 e. The number of nitrogens with one attached hydrogen (secondary N) is 1. The fraction of sp³-hybridized carbons (Fsp3) is 0.333. The second-order valence-corrected chi connectivity index (χ2v) is 5.57. The number of hydrogen-bond acceptors (Lipinski definition) is 5. The average molecular weight is 315 g/mol. The highest BCUT2D eigenvalue weighted by Crippen LogP contribution is 2.24. The number of rotatable bonds is 2. The van der Waals surface area contributed by atoms with Gasteiger partial charge >= 0.3 is 5.69 Å². The van der Waals surface area contributed by atoms with Crippen molar-refractivity contribution in [2.24, 2.45) is 14.1 Å². The lowest BCUT2D eigenvalue weighted by Gasteiger charge is -2.13. The Labute approximate surface area is 132 Å². The van der Waals surface area contributed by atoms with Gasteiger partial charge in [0.15, 0.2) is 0 Å². The van der Waals surface area contributed by atoms with Crippen molar-refractivity contribution in [2.45, 2.75) is 6.42 Å². The summed E-state index contributed by atoms with van der Waals surface area (Å²) in [6, 6.07) is 4.73. The van der Waals surface area contributed by atoms with Gasteiger partial charge in [0.25, 0.3) is 11.5 Å². The SMILES string of the molecule is CN1CCc2ccc(C(=O)Nc3cc(=O)n(C)c(=O)n3C)nc21. The third kappa shape index (κ3) is 2.52. The van der Waals surface area contributed by atoms with Crippen molar-refractivity contribution in [2.75, 3.05) is 23.8 Å². The monoisotopic (exact) mass is 315 g/mol. The number of aromatic nitrogens is 3. The van der Waals surface area contributed by atoms with Gasteiger partial charge in [-0.3, -0.25) is 18.7 Å². The zero-order chi connectivity index (χ0) is 16.7. The molecule has 23 heavy (non-hydrogen) atoms. The largest absolute Gasteiger partial charge is 0.359 e. The van der Waals surface area contributed by atoms with Gasteiger partial charge in [0.2, 0.25) is 0 Å². The van der Waals surface area contributed by atoms with Gasteiger partial charge in [-0.25, -0.2) is 9.78 Å². The molecule has 1 amide bonds. The van der Waals surface area contributed by atoms with Gasteiger partial charge in [0.1, 0.15) is 17.3 Å². The number of nitrogens with zero attached hydrogens (tertiary/aromatic N) is 4. The normalized spacial score (nSPS) is 13.1. The number of pyridine rings is 1. The van der Waals surface area contributed by atoms with Crippen LogP contribution in [-0.4, -0.2) is 33.6 Å². The highest BCUT2D eigenvalue weighted by Gasteiger charge is 2.20. The van der Waals surface area contributed by atoms with Crippen molar-refractivity contribution in [1.29, 1.82) is 0 Å². The molecule has 2 aromatic rings. The summed E-state index contributed by atoms with van der Waals surface area (Å²) >= 11 is 0. The molecule has 0 spiro atoms. The van der Waals surface area contributed by atoms with Gasteiger partial charge < -0.3 is 10.2 Å². The fourth-order valence-corrected chi connectivity index (χ4v) is 2.56. The molecule has 0 bridgehead atoms. The number of hydrogen-bond donors (Lipinski definition) is 1. The highest BCUT2D eigenvalue weighted by atomic mass is 16.2. The van der Waals surface area contributed by atoms with Crippen LogP contribution in [0.1, 0.15) is 16.1 Å². The third-order valence-corrected chi connectivity index (χ3v) is 4.03. The van der Waals surface area contributed by atoms with E-state index < -0.39 is 17.2 Å². The summed E-state index contributed by atoms with van der Waals surface area (Å²) in [5, 5.41) is 2.57. The lowest BCUT2D eigenvalue weighted by Crippen LogP contribution is -2.38. The molecule has 1 aliphatic heterocycles. The fourth-order valence-electron chi connectivity index (χ4n) is 2.56. The molecule has 2 aromatic heterocycles. The number of carbonyl (C=O) groups is 1. The van der Waals surface area contributed by atoms with Gasteiger partial charge in [-0.15, -0.1) is 0 Å². The molecule has 0 atom stereocenters. The summed E-state index contributed by atoms with van der Waals surface area (Å²) in [6.07, 6.45) is 0.907. The summed E-state index contributed by atoms with van der Waals surface area (Å²) in [5.74, 6) is 0.464. The Morgan fingerprint density at radius 2 is 1.91 bits per heavy atom. The first-order chi connectivity index (χ1) is 10.9. The maximum Gasteiger partial charge on any atom is 0.332 e. The van der Waals surface area contributed by atoms with Crippen LogP contribution in [-0.2, 0) is 20.5 Å². The number of anilines is 2. The molecule has 0 radical (unpaired) electrons. The predicted molar refractivity (Wildman–Crippen MR) is 86.1 cm³/mol. The summed E-state index contributed by atoms with van der Waals surface area (Å²) in [7, 11) is 4.79. The molecule has 8 nitrogen and oxygen atoms in total. The first kappa shape index (κ1) is 15.0. The van der Waals surface area contributed by atoms with Gasteiger partial charge in [0.05, 0.1) is 0 Å². The molecule has 3 heterocycles. The minimum absolute atomic E-state index is 0.138. The van der Waals surface area contributed by atoms with Crippen LogP contribution in [0.5, 0.6) is 0 Å². The van der Waals surface area contributed by atoms with E-state index in [-0.39, 0.29) is 11.5 Å². The Kier molecular flexibility index (Phi) is 3.51. The van der Waals surface area contributed by atoms with Crippen LogP contribution in [0.3, 0.4) is 0 Å². The Bertz CT molecular complexity index is 912. The minimum atomic E-state index is -0.505. The van der Waals surface area contributed by atoms with Gasteiger partial charge in [0, 0.05) is 33.8 Å². The molecule has 0 saturated carbocycles. The number of amides is 1. The maximum atomic E-state index is 12.4. The van der Waals surface area contributed by atoms with Crippen LogP contribution < -0.4 is 21.5 Å². The molecule has 1 aliphatic rings. The number of likely N-dealkylation sites (N-methyl/N-ethyl adjacent to an activating group) is 1. The van der Waals surface area contributed by atoms with Gasteiger partial charge in [-0.1, -0.05) is 6.07 Å². The molecular formula is C15H17N5O3. The van der Waals surface area contributed by atoms with E-state index in [4.69, 9.17) is 0 Å². The van der Waals surface area contributed by atoms with Crippen LogP contribution in [0, 0.1) is 0 Å². The lowest BCUT2D eigenvalue weighted by molar-refractivity contribution is 0.102. The smallest absolute Gasteiger partial charge is 0.332 e. The zero-order valence-electron chi connectivity index (χ0n) is 13.2. The second kappa shape index (κ2) is 5.38. The van der Waals surface area contributed by atoms with E-state index >= 15 is 0 Å². The van der Waals surface area contributed by atoms with E-state index in [0.29, 0.717) is 0 Å². The Morgan fingerprint density at radius 1 is 1.17 bits per heavy atom. The standard InChI is InChI=1S/C15H17N5O3/c1-18-7-6-9-4-5-10(16-13(9)18)14(22)17-11-8-12(21)20(3)15(23)19(11)2/h4-5,8H,6-7H2,1-3H3,(H,17,22). The number of fused-ring (bicyclic) bond motifs is 1. The molecule has 0 saturated heterocycles. The molecular weight excluding hydrogens is 298 g/mol. The first-order valence-corrected chi connectivity index (χ1v) is 7.18. The van der Waals surface area contributed by atoms with Crippen LogP contribution >= 0.6 is 0 Å². The molecule has 0 unspecified atom stereocenters. The number of carbonyl (C=O) groups excluding carboxylic acids is 1. The van der Waals surface area contributed by atoms with E-state index in [2.05, 4.69) is 10.3 Å². The lowest BCUT2D eigenvalue weighted by atomic mass is 10.2. The van der Waals surface area contributed by atoms with Crippen molar-refractivity contribution in [3.05, 3.63) is 50.3 Å². The molecule has 8 heteroatoms. The molecule has 0 fully saturated rings. The first-order valence-electron chi connectivity index (χ1n) is 7.18. The molecule has 0 aliphatic carbocycles. The van der Waals surface area contributed by atoms with Crippen molar-refractivity contribution in [3.8, 4) is 0 Å². The van der Waals surface area contributed by atoms with Crippen molar-refractivity contribution < 1.29 is 4.79 Å². The summed E-state index contributed by atoms with van der Waals surface area (Å²) in [6.45, 7) is 0.872. The highest BCUT2D eigenvalue weighted by molar-refractivity contribution is 6.02. The molecule has 0 aromatic carbocycles. The maximum absolute atomic E-state index is 12.4. The van der Waals surface area contributed by atoms with Crippen LogP contribution in [0.25, 0.3) is 0 Å². The van der Waals surface area contributed by atoms with E-state index in [1.54, 1.807) is 6.07 Å². The summed E-state index contributed by atoms with van der Waals surface area (Å²) < 4.78 is 2.18. The van der Waals surface area contributed by atoms with E-state index in [1.165, 1.54) is 24.7 Å². The van der Waals surface area contributed by atoms with Gasteiger partial charge in [-0.2, -0.15) is 0 Å². The summed E-state index contributed by atoms with van der Waals surface area (Å²) in [5.41, 5.74) is 0.357. The summed E-state index contributed by atoms with van der Waals surface area (Å²) in [4.78, 5) is 42.3. The van der Waals surface area contributed by atoms with Crippen LogP contribution in [0.15, 0.2) is 27.8 Å². The van der Waals surface area contributed by atoms with Gasteiger partial charge in [-0.05, 0) is 18.1 Å². The van der Waals surface area contributed by atoms with Crippen LogP contribution in [0.4, 0.5) is 11.6 Å². The third-order valence-electron chi connectivity index (χ3n) is 4.03. The van der Waals surface area contributed by atoms with E-state index in [1.807, 2.05) is 18.0 Å². The quantitative estimate of drug-likeness (QED) is 0.823. The average Bonchev–Trinajstić information content (AvgIpc) is 2.91. The molecule has 1 N–H and O–H groups in total. The predicted octanol–water partition coefficient (Wildman–Crippen LogP) is -0.276. The van der Waals surface area contributed by atoms with Crippen molar-refractivity contribution in [3.63, 3.8) is 0 Å². The van der Waals surface area contributed by atoms with Crippen LogP contribution in [0.2, 0.25) is 0 Å². The Morgan fingerprint density at radius 3 is 2.65 bits per heavy atom. The molecule has 3 rings (SSSR count).